The Labute approximate surface area is 97.1 Å². The van der Waals surface area contributed by atoms with Gasteiger partial charge in [0.25, 0.3) is 0 Å². The van der Waals surface area contributed by atoms with Crippen LogP contribution in [0, 0.1) is 11.3 Å². The number of hydrogen-bond donors (Lipinski definition) is 0. The third kappa shape index (κ3) is 2.83. The van der Waals surface area contributed by atoms with Crippen molar-refractivity contribution in [2.45, 2.75) is 13.8 Å². The highest BCUT2D eigenvalue weighted by molar-refractivity contribution is 6.11. The highest BCUT2D eigenvalue weighted by Crippen LogP contribution is 2.11. The van der Waals surface area contributed by atoms with Crippen LogP contribution in [0.15, 0.2) is 41.1 Å². The van der Waals surface area contributed by atoms with Crippen LogP contribution in [-0.2, 0) is 0 Å². The van der Waals surface area contributed by atoms with Gasteiger partial charge in [0.2, 0.25) is 0 Å². The Kier molecular flexibility index (Phi) is 4.53. The summed E-state index contributed by atoms with van der Waals surface area (Å²) in [5, 5.41) is 8.82. The van der Waals surface area contributed by atoms with Crippen molar-refractivity contribution in [3.63, 3.8) is 0 Å². The van der Waals surface area contributed by atoms with E-state index in [1.54, 1.807) is 0 Å². The second-order valence-corrected chi connectivity index (χ2v) is 3.46. The van der Waals surface area contributed by atoms with Crippen LogP contribution < -0.4 is 0 Å². The Morgan fingerprint density at radius 2 is 2.25 bits per heavy atom. The van der Waals surface area contributed by atoms with Gasteiger partial charge < -0.3 is 4.90 Å². The van der Waals surface area contributed by atoms with E-state index in [2.05, 4.69) is 30.3 Å². The quantitative estimate of drug-likeness (QED) is 0.675. The minimum absolute atomic E-state index is 0.424. The molecule has 1 rings (SSSR count). The highest BCUT2D eigenvalue weighted by Gasteiger charge is 2.08. The van der Waals surface area contributed by atoms with Gasteiger partial charge in [-0.25, -0.2) is 0 Å². The van der Waals surface area contributed by atoms with Crippen molar-refractivity contribution in [2.75, 3.05) is 19.6 Å². The molecule has 0 radical (unpaired) electrons. The summed E-state index contributed by atoms with van der Waals surface area (Å²) in [6.45, 7) is 10.4. The van der Waals surface area contributed by atoms with E-state index >= 15 is 0 Å². The van der Waals surface area contributed by atoms with E-state index in [0.717, 1.165) is 18.8 Å². The van der Waals surface area contributed by atoms with E-state index in [-0.39, 0.29) is 0 Å². The van der Waals surface area contributed by atoms with E-state index in [9.17, 15) is 0 Å². The molecule has 3 heteroatoms. The SMILES string of the molecule is C=C(C#N)C1=NCC=CC(N(CC)CC)=C1. The molecule has 1 aliphatic heterocycles. The number of rotatable bonds is 4. The third-order valence-corrected chi connectivity index (χ3v) is 2.51. The molecule has 3 nitrogen and oxygen atoms in total. The lowest BCUT2D eigenvalue weighted by Crippen LogP contribution is -2.21. The van der Waals surface area contributed by atoms with Crippen LogP contribution in [0.1, 0.15) is 13.8 Å². The van der Waals surface area contributed by atoms with Crippen molar-refractivity contribution in [3.8, 4) is 6.07 Å². The predicted molar refractivity (Wildman–Crippen MR) is 67.2 cm³/mol. The van der Waals surface area contributed by atoms with E-state index in [0.29, 0.717) is 17.8 Å². The minimum Gasteiger partial charge on any atom is -0.372 e. The fraction of sp³-hybridized carbons (Fsp3) is 0.385. The molecule has 0 aliphatic carbocycles. The first kappa shape index (κ1) is 12.3. The van der Waals surface area contributed by atoms with Crippen molar-refractivity contribution in [3.05, 3.63) is 36.1 Å². The van der Waals surface area contributed by atoms with Gasteiger partial charge in [0, 0.05) is 18.8 Å². The van der Waals surface area contributed by atoms with Crippen molar-refractivity contribution < 1.29 is 0 Å². The topological polar surface area (TPSA) is 39.4 Å². The van der Waals surface area contributed by atoms with Gasteiger partial charge in [0.1, 0.15) is 6.07 Å². The molecule has 0 amide bonds. The Hall–Kier alpha value is -1.82. The molecule has 0 spiro atoms. The fourth-order valence-corrected chi connectivity index (χ4v) is 1.58. The first-order chi connectivity index (χ1) is 7.72. The van der Waals surface area contributed by atoms with Crippen LogP contribution >= 0.6 is 0 Å². The van der Waals surface area contributed by atoms with Crippen molar-refractivity contribution in [1.82, 2.24) is 4.90 Å². The van der Waals surface area contributed by atoms with Crippen LogP contribution in [0.2, 0.25) is 0 Å². The molecule has 0 aromatic rings. The normalized spacial score (nSPS) is 14.6. The number of allylic oxidation sites excluding steroid dienone is 3. The first-order valence-electron chi connectivity index (χ1n) is 5.49. The molecule has 0 aromatic carbocycles. The van der Waals surface area contributed by atoms with Gasteiger partial charge in [0.15, 0.2) is 0 Å². The smallest absolute Gasteiger partial charge is 0.101 e. The molecule has 0 saturated carbocycles. The molecule has 0 bridgehead atoms. The van der Waals surface area contributed by atoms with Crippen molar-refractivity contribution >= 4 is 5.71 Å². The Morgan fingerprint density at radius 3 is 2.81 bits per heavy atom. The summed E-state index contributed by atoms with van der Waals surface area (Å²) in [5.74, 6) is 0. The van der Waals surface area contributed by atoms with Crippen LogP contribution in [0.3, 0.4) is 0 Å². The molecule has 84 valence electrons. The molecular weight excluding hydrogens is 198 g/mol. The Bertz CT molecular complexity index is 390. The molecule has 16 heavy (non-hydrogen) atoms. The van der Waals surface area contributed by atoms with Gasteiger partial charge in [-0.3, -0.25) is 4.99 Å². The minimum atomic E-state index is 0.424. The zero-order valence-corrected chi connectivity index (χ0v) is 9.90. The summed E-state index contributed by atoms with van der Waals surface area (Å²) < 4.78 is 0. The van der Waals surface area contributed by atoms with Gasteiger partial charge in [0.05, 0.1) is 17.8 Å². The zero-order chi connectivity index (χ0) is 12.0. The van der Waals surface area contributed by atoms with Crippen LogP contribution in [0.5, 0.6) is 0 Å². The Balaban J connectivity index is 3.00. The summed E-state index contributed by atoms with van der Waals surface area (Å²) in [6, 6.07) is 2.04. The maximum atomic E-state index is 8.82. The lowest BCUT2D eigenvalue weighted by Gasteiger charge is -2.21. The molecule has 0 fully saturated rings. The zero-order valence-electron chi connectivity index (χ0n) is 9.90. The first-order valence-corrected chi connectivity index (χ1v) is 5.49. The van der Waals surface area contributed by atoms with E-state index in [1.165, 1.54) is 0 Å². The lowest BCUT2D eigenvalue weighted by atomic mass is 10.1. The van der Waals surface area contributed by atoms with E-state index in [4.69, 9.17) is 5.26 Å². The molecule has 0 aromatic heterocycles. The summed E-state index contributed by atoms with van der Waals surface area (Å²) in [5.41, 5.74) is 2.21. The number of nitriles is 1. The summed E-state index contributed by atoms with van der Waals surface area (Å²) in [6.07, 6.45) is 5.98. The molecular formula is C13H17N3. The number of nitrogens with zero attached hydrogens (tertiary/aromatic N) is 3. The van der Waals surface area contributed by atoms with Crippen molar-refractivity contribution in [1.29, 1.82) is 5.26 Å². The summed E-state index contributed by atoms with van der Waals surface area (Å²) in [4.78, 5) is 6.52. The molecule has 0 unspecified atom stereocenters. The summed E-state index contributed by atoms with van der Waals surface area (Å²) >= 11 is 0. The molecule has 1 aliphatic rings. The van der Waals surface area contributed by atoms with Crippen molar-refractivity contribution in [2.24, 2.45) is 4.99 Å². The maximum Gasteiger partial charge on any atom is 0.101 e. The van der Waals surface area contributed by atoms with Gasteiger partial charge in [-0.05, 0) is 26.0 Å². The predicted octanol–water partition coefficient (Wildman–Crippen LogP) is 2.30. The average Bonchev–Trinajstić information content (AvgIpc) is 2.56. The fourth-order valence-electron chi connectivity index (χ4n) is 1.58. The average molecular weight is 215 g/mol. The van der Waals surface area contributed by atoms with E-state index in [1.807, 2.05) is 24.3 Å². The van der Waals surface area contributed by atoms with E-state index < -0.39 is 0 Å². The highest BCUT2D eigenvalue weighted by atomic mass is 15.1. The lowest BCUT2D eigenvalue weighted by molar-refractivity contribution is 0.395. The number of hydrogen-bond acceptors (Lipinski definition) is 3. The second kappa shape index (κ2) is 5.92. The monoisotopic (exact) mass is 215 g/mol. The van der Waals surface area contributed by atoms with Crippen LogP contribution in [-0.4, -0.2) is 30.2 Å². The Morgan fingerprint density at radius 1 is 1.56 bits per heavy atom. The second-order valence-electron chi connectivity index (χ2n) is 3.46. The standard InChI is InChI=1S/C13H17N3/c1-4-16(5-2)12-7-6-8-15-13(9-12)11(3)10-14/h6-7,9H,3-5,8H2,1-2H3. The summed E-state index contributed by atoms with van der Waals surface area (Å²) in [7, 11) is 0. The van der Waals surface area contributed by atoms with Gasteiger partial charge in [-0.15, -0.1) is 0 Å². The van der Waals surface area contributed by atoms with Gasteiger partial charge >= 0.3 is 0 Å². The largest absolute Gasteiger partial charge is 0.372 e. The molecule has 0 atom stereocenters. The number of aliphatic imine (C=N–C) groups is 1. The van der Waals surface area contributed by atoms with Crippen LogP contribution in [0.25, 0.3) is 0 Å². The molecule has 1 heterocycles. The third-order valence-electron chi connectivity index (χ3n) is 2.51. The molecule has 0 N–H and O–H groups in total. The van der Waals surface area contributed by atoms with Gasteiger partial charge in [-0.2, -0.15) is 5.26 Å². The van der Waals surface area contributed by atoms with Gasteiger partial charge in [-0.1, -0.05) is 12.7 Å². The maximum absolute atomic E-state index is 8.82. The van der Waals surface area contributed by atoms with Crippen LogP contribution in [0.4, 0.5) is 0 Å². The molecule has 0 saturated heterocycles. The number of likely N-dealkylation sites (N-methyl/N-ethyl adjacent to an activating group) is 1.